The molecular weight excluding hydrogens is 262 g/mol. The van der Waals surface area contributed by atoms with Gasteiger partial charge in [-0.25, -0.2) is 5.43 Å². The molecule has 0 unspecified atom stereocenters. The Kier molecular flexibility index (Phi) is 5.10. The van der Waals surface area contributed by atoms with Crippen LogP contribution in [0.1, 0.15) is 24.5 Å². The predicted octanol–water partition coefficient (Wildman–Crippen LogP) is 2.74. The van der Waals surface area contributed by atoms with Crippen molar-refractivity contribution in [2.45, 2.75) is 19.8 Å². The van der Waals surface area contributed by atoms with Crippen LogP contribution < -0.4 is 11.2 Å². The van der Waals surface area contributed by atoms with Gasteiger partial charge in [0.2, 0.25) is 5.91 Å². The Balaban J connectivity index is 1.87. The fourth-order valence-electron chi connectivity index (χ4n) is 1.93. The monoisotopic (exact) mass is 281 g/mol. The van der Waals surface area contributed by atoms with Crippen LogP contribution in [0.2, 0.25) is 0 Å². The number of hydrogen-bond donors (Lipinski definition) is 2. The summed E-state index contributed by atoms with van der Waals surface area (Å²) in [4.78, 5) is 11.8. The number of carbonyl (C=O) groups excluding carboxylic acids is 1. The topological polar surface area (TPSA) is 67.5 Å². The summed E-state index contributed by atoms with van der Waals surface area (Å²) in [5, 5.41) is 4.11. The fourth-order valence-corrected chi connectivity index (χ4v) is 1.93. The number of aryl methyl sites for hydroxylation is 1. The van der Waals surface area contributed by atoms with Crippen molar-refractivity contribution >= 4 is 17.3 Å². The Morgan fingerprint density at radius 1 is 1.14 bits per heavy atom. The molecule has 2 aromatic rings. The lowest BCUT2D eigenvalue weighted by molar-refractivity contribution is -0.121. The van der Waals surface area contributed by atoms with Crippen molar-refractivity contribution in [2.24, 2.45) is 5.10 Å². The normalized spacial score (nSPS) is 11.2. The zero-order valence-electron chi connectivity index (χ0n) is 12.0. The second-order valence-electron chi connectivity index (χ2n) is 4.84. The highest BCUT2D eigenvalue weighted by atomic mass is 16.2. The number of nitrogens with one attached hydrogen (secondary N) is 1. The Bertz CT molecular complexity index is 635. The maximum atomic E-state index is 11.8. The number of hydrogen-bond acceptors (Lipinski definition) is 3. The average molecular weight is 281 g/mol. The van der Waals surface area contributed by atoms with Gasteiger partial charge in [-0.1, -0.05) is 42.5 Å². The molecular formula is C17H19N3O. The van der Waals surface area contributed by atoms with Crippen LogP contribution in [-0.4, -0.2) is 11.6 Å². The number of benzene rings is 2. The van der Waals surface area contributed by atoms with E-state index in [1.54, 1.807) is 0 Å². The number of nitrogens with zero attached hydrogens (tertiary/aromatic N) is 1. The molecule has 0 saturated carbocycles. The molecule has 0 bridgehead atoms. The molecule has 2 rings (SSSR count). The van der Waals surface area contributed by atoms with Crippen LogP contribution in [0, 0.1) is 0 Å². The molecule has 0 aliphatic rings. The van der Waals surface area contributed by atoms with Gasteiger partial charge in [0, 0.05) is 12.1 Å². The number of anilines is 1. The van der Waals surface area contributed by atoms with Gasteiger partial charge in [-0.05, 0) is 36.6 Å². The van der Waals surface area contributed by atoms with E-state index in [4.69, 9.17) is 5.73 Å². The minimum Gasteiger partial charge on any atom is -0.399 e. The van der Waals surface area contributed by atoms with E-state index in [-0.39, 0.29) is 5.91 Å². The van der Waals surface area contributed by atoms with Gasteiger partial charge >= 0.3 is 0 Å². The van der Waals surface area contributed by atoms with Crippen molar-refractivity contribution < 1.29 is 4.79 Å². The summed E-state index contributed by atoms with van der Waals surface area (Å²) in [5.41, 5.74) is 11.8. The molecule has 0 heterocycles. The summed E-state index contributed by atoms with van der Waals surface area (Å²) < 4.78 is 0. The lowest BCUT2D eigenvalue weighted by Gasteiger charge is -2.04. The molecule has 0 radical (unpaired) electrons. The molecule has 3 N–H and O–H groups in total. The summed E-state index contributed by atoms with van der Waals surface area (Å²) in [5.74, 6) is -0.0953. The fraction of sp³-hybridized carbons (Fsp3) is 0.176. The molecule has 0 fully saturated rings. The van der Waals surface area contributed by atoms with Crippen molar-refractivity contribution in [1.82, 2.24) is 5.43 Å². The van der Waals surface area contributed by atoms with Gasteiger partial charge in [0.25, 0.3) is 0 Å². The molecule has 0 saturated heterocycles. The molecule has 0 aromatic heterocycles. The lowest BCUT2D eigenvalue weighted by atomic mass is 10.1. The first kappa shape index (κ1) is 14.8. The van der Waals surface area contributed by atoms with E-state index in [1.807, 2.05) is 61.5 Å². The van der Waals surface area contributed by atoms with Crippen LogP contribution >= 0.6 is 0 Å². The van der Waals surface area contributed by atoms with Gasteiger partial charge in [-0.3, -0.25) is 4.79 Å². The summed E-state index contributed by atoms with van der Waals surface area (Å²) in [6.45, 7) is 1.84. The van der Waals surface area contributed by atoms with Crippen molar-refractivity contribution in [1.29, 1.82) is 0 Å². The second-order valence-corrected chi connectivity index (χ2v) is 4.84. The van der Waals surface area contributed by atoms with Crippen molar-refractivity contribution in [3.63, 3.8) is 0 Å². The largest absolute Gasteiger partial charge is 0.399 e. The first-order valence-electron chi connectivity index (χ1n) is 6.88. The van der Waals surface area contributed by atoms with Gasteiger partial charge in [0.1, 0.15) is 0 Å². The molecule has 4 heteroatoms. The van der Waals surface area contributed by atoms with E-state index < -0.39 is 0 Å². The van der Waals surface area contributed by atoms with Gasteiger partial charge in [0.15, 0.2) is 0 Å². The van der Waals surface area contributed by atoms with Gasteiger partial charge in [0.05, 0.1) is 5.71 Å². The Labute approximate surface area is 124 Å². The molecule has 0 spiro atoms. The van der Waals surface area contributed by atoms with Crippen molar-refractivity contribution in [3.05, 3.63) is 65.7 Å². The highest BCUT2D eigenvalue weighted by Crippen LogP contribution is 2.07. The quantitative estimate of drug-likeness (QED) is 0.502. The Morgan fingerprint density at radius 2 is 1.90 bits per heavy atom. The molecule has 0 aliphatic carbocycles. The number of amides is 1. The number of nitrogen functional groups attached to an aromatic ring is 1. The van der Waals surface area contributed by atoms with E-state index in [1.165, 1.54) is 0 Å². The second kappa shape index (κ2) is 7.24. The van der Waals surface area contributed by atoms with Crippen LogP contribution in [0.15, 0.2) is 59.7 Å². The third kappa shape index (κ3) is 4.76. The number of rotatable bonds is 5. The third-order valence-corrected chi connectivity index (χ3v) is 3.14. The lowest BCUT2D eigenvalue weighted by Crippen LogP contribution is -2.19. The Hall–Kier alpha value is -2.62. The van der Waals surface area contributed by atoms with Gasteiger partial charge < -0.3 is 5.73 Å². The number of hydrazone groups is 1. The predicted molar refractivity (Wildman–Crippen MR) is 86.0 cm³/mol. The maximum Gasteiger partial charge on any atom is 0.240 e. The maximum absolute atomic E-state index is 11.8. The van der Waals surface area contributed by atoms with E-state index in [2.05, 4.69) is 10.5 Å². The molecule has 2 aromatic carbocycles. The average Bonchev–Trinajstić information content (AvgIpc) is 2.51. The number of nitrogens with two attached hydrogens (primary N) is 1. The SMILES string of the molecule is C/C(=N\NC(=O)CCc1ccccc1)c1cccc(N)c1. The van der Waals surface area contributed by atoms with Crippen LogP contribution in [0.4, 0.5) is 5.69 Å². The van der Waals surface area contributed by atoms with Crippen LogP contribution in [0.3, 0.4) is 0 Å². The molecule has 21 heavy (non-hydrogen) atoms. The smallest absolute Gasteiger partial charge is 0.240 e. The standard InChI is InChI=1S/C17H19N3O/c1-13(15-8-5-9-16(18)12-15)19-20-17(21)11-10-14-6-3-2-4-7-14/h2-9,12H,10-11,18H2,1H3,(H,20,21)/b19-13+. The summed E-state index contributed by atoms with van der Waals surface area (Å²) in [7, 11) is 0. The van der Waals surface area contributed by atoms with E-state index in [0.29, 0.717) is 18.5 Å². The third-order valence-electron chi connectivity index (χ3n) is 3.14. The summed E-state index contributed by atoms with van der Waals surface area (Å²) >= 11 is 0. The molecule has 0 atom stereocenters. The van der Waals surface area contributed by atoms with Crippen molar-refractivity contribution in [2.75, 3.05) is 5.73 Å². The Morgan fingerprint density at radius 3 is 2.62 bits per heavy atom. The van der Waals surface area contributed by atoms with Crippen molar-refractivity contribution in [3.8, 4) is 0 Å². The van der Waals surface area contributed by atoms with Crippen LogP contribution in [0.25, 0.3) is 0 Å². The number of carbonyl (C=O) groups is 1. The zero-order valence-corrected chi connectivity index (χ0v) is 12.0. The molecule has 1 amide bonds. The molecule has 0 aliphatic heterocycles. The van der Waals surface area contributed by atoms with Crippen LogP contribution in [-0.2, 0) is 11.2 Å². The van der Waals surface area contributed by atoms with E-state index in [9.17, 15) is 4.79 Å². The minimum atomic E-state index is -0.0953. The highest BCUT2D eigenvalue weighted by Gasteiger charge is 2.02. The van der Waals surface area contributed by atoms with Gasteiger partial charge in [-0.2, -0.15) is 5.10 Å². The molecule has 4 nitrogen and oxygen atoms in total. The van der Waals surface area contributed by atoms with Gasteiger partial charge in [-0.15, -0.1) is 0 Å². The highest BCUT2D eigenvalue weighted by molar-refractivity contribution is 5.99. The first-order chi connectivity index (χ1) is 10.1. The summed E-state index contributed by atoms with van der Waals surface area (Å²) in [6, 6.07) is 17.3. The summed E-state index contributed by atoms with van der Waals surface area (Å²) in [6.07, 6.45) is 1.12. The van der Waals surface area contributed by atoms with Crippen LogP contribution in [0.5, 0.6) is 0 Å². The van der Waals surface area contributed by atoms with E-state index in [0.717, 1.165) is 16.8 Å². The molecule has 108 valence electrons. The van der Waals surface area contributed by atoms with E-state index >= 15 is 0 Å². The zero-order chi connectivity index (χ0) is 15.1. The minimum absolute atomic E-state index is 0.0953. The first-order valence-corrected chi connectivity index (χ1v) is 6.88.